The average molecular weight is 352 g/mol. The van der Waals surface area contributed by atoms with E-state index in [2.05, 4.69) is 10.1 Å². The molecule has 0 radical (unpaired) electrons. The highest BCUT2D eigenvalue weighted by Crippen LogP contribution is 2.26. The zero-order valence-electron chi connectivity index (χ0n) is 12.9. The number of phenols is 1. The van der Waals surface area contributed by atoms with E-state index < -0.39 is 5.97 Å². The molecule has 0 aliphatic rings. The first kappa shape index (κ1) is 15.3. The van der Waals surface area contributed by atoms with Gasteiger partial charge in [-0.05, 0) is 34.4 Å². The Morgan fingerprint density at radius 1 is 1.20 bits per heavy atom. The number of carbonyl (C=O) groups is 1. The molecule has 6 nitrogen and oxygen atoms in total. The van der Waals surface area contributed by atoms with Gasteiger partial charge in [0.1, 0.15) is 11.3 Å². The molecule has 0 bridgehead atoms. The highest BCUT2D eigenvalue weighted by molar-refractivity contribution is 7.08. The number of carbonyl (C=O) groups excluding carboxylic acids is 1. The number of fused-ring (bicyclic) bond motifs is 1. The first-order valence-corrected chi connectivity index (χ1v) is 8.39. The van der Waals surface area contributed by atoms with Crippen LogP contribution in [0.15, 0.2) is 57.7 Å². The number of nitrogens with zero attached hydrogens (tertiary/aromatic N) is 2. The normalized spacial score (nSPS) is 10.9. The Labute approximate surface area is 146 Å². The molecule has 2 aromatic heterocycles. The lowest BCUT2D eigenvalue weighted by Crippen LogP contribution is -2.06. The van der Waals surface area contributed by atoms with E-state index in [1.807, 2.05) is 41.1 Å². The molecule has 4 aromatic rings. The third kappa shape index (κ3) is 3.09. The summed E-state index contributed by atoms with van der Waals surface area (Å²) in [5.74, 6) is -0.142. The highest BCUT2D eigenvalue weighted by Gasteiger charge is 2.16. The Balaban J connectivity index is 1.50. The third-order valence-electron chi connectivity index (χ3n) is 3.65. The van der Waals surface area contributed by atoms with E-state index >= 15 is 0 Å². The standard InChI is InChI=1S/C18H12N2O4S/c21-15-8-12-4-2-1-3-11(12)7-14(15)18(22)23-9-16-19-17(24-20-16)13-5-6-25-10-13/h1-8,10,21H,9H2. The molecule has 0 unspecified atom stereocenters. The largest absolute Gasteiger partial charge is 0.507 e. The molecule has 25 heavy (non-hydrogen) atoms. The number of phenolic OH excluding ortho intramolecular Hbond substituents is 1. The molecule has 0 amide bonds. The Morgan fingerprint density at radius 3 is 2.76 bits per heavy atom. The molecule has 0 aliphatic carbocycles. The van der Waals surface area contributed by atoms with Crippen LogP contribution in [0.3, 0.4) is 0 Å². The van der Waals surface area contributed by atoms with E-state index in [0.29, 0.717) is 5.89 Å². The van der Waals surface area contributed by atoms with Crippen molar-refractivity contribution >= 4 is 28.1 Å². The molecule has 1 N–H and O–H groups in total. The molecule has 0 saturated carbocycles. The molecule has 2 heterocycles. The lowest BCUT2D eigenvalue weighted by Gasteiger charge is -2.06. The van der Waals surface area contributed by atoms with Gasteiger partial charge in [-0.15, -0.1) is 0 Å². The van der Waals surface area contributed by atoms with Crippen LogP contribution in [0.1, 0.15) is 16.2 Å². The molecule has 0 fully saturated rings. The van der Waals surface area contributed by atoms with Crippen LogP contribution < -0.4 is 0 Å². The summed E-state index contributed by atoms with van der Waals surface area (Å²) in [4.78, 5) is 16.4. The number of hydrogen-bond donors (Lipinski definition) is 1. The quantitative estimate of drug-likeness (QED) is 0.559. The van der Waals surface area contributed by atoms with E-state index in [4.69, 9.17) is 9.26 Å². The summed E-state index contributed by atoms with van der Waals surface area (Å²) in [7, 11) is 0. The summed E-state index contributed by atoms with van der Waals surface area (Å²) in [5, 5.41) is 19.3. The number of rotatable bonds is 4. The minimum atomic E-state index is -0.648. The van der Waals surface area contributed by atoms with Gasteiger partial charge in [0.15, 0.2) is 6.61 Å². The molecule has 0 saturated heterocycles. The number of ether oxygens (including phenoxy) is 1. The van der Waals surface area contributed by atoms with Crippen LogP contribution in [0.4, 0.5) is 0 Å². The number of thiophene rings is 1. The number of benzene rings is 2. The summed E-state index contributed by atoms with van der Waals surface area (Å²) < 4.78 is 10.3. The van der Waals surface area contributed by atoms with Crippen molar-refractivity contribution in [1.82, 2.24) is 10.1 Å². The zero-order valence-corrected chi connectivity index (χ0v) is 13.7. The van der Waals surface area contributed by atoms with Gasteiger partial charge in [-0.25, -0.2) is 4.79 Å². The van der Waals surface area contributed by atoms with Gasteiger partial charge in [0, 0.05) is 5.38 Å². The molecular weight excluding hydrogens is 340 g/mol. The molecule has 2 aromatic carbocycles. The summed E-state index contributed by atoms with van der Waals surface area (Å²) in [6.07, 6.45) is 0. The minimum Gasteiger partial charge on any atom is -0.507 e. The number of aromatic hydroxyl groups is 1. The van der Waals surface area contributed by atoms with Crippen LogP contribution in [0.5, 0.6) is 5.75 Å². The van der Waals surface area contributed by atoms with E-state index in [9.17, 15) is 9.90 Å². The number of esters is 1. The minimum absolute atomic E-state index is 0.0975. The van der Waals surface area contributed by atoms with Crippen LogP contribution >= 0.6 is 11.3 Å². The van der Waals surface area contributed by atoms with Gasteiger partial charge >= 0.3 is 5.97 Å². The van der Waals surface area contributed by atoms with Crippen molar-refractivity contribution in [2.75, 3.05) is 0 Å². The van der Waals surface area contributed by atoms with Gasteiger partial charge in [0.25, 0.3) is 5.89 Å². The van der Waals surface area contributed by atoms with Crippen LogP contribution in [-0.2, 0) is 11.3 Å². The fourth-order valence-electron chi connectivity index (χ4n) is 2.42. The first-order valence-electron chi connectivity index (χ1n) is 7.45. The topological polar surface area (TPSA) is 85.5 Å². The molecule has 0 spiro atoms. The van der Waals surface area contributed by atoms with Gasteiger partial charge in [0.2, 0.25) is 5.82 Å². The SMILES string of the molecule is O=C(OCc1noc(-c2ccsc2)n1)c1cc2ccccc2cc1O. The second kappa shape index (κ2) is 6.37. The monoisotopic (exact) mass is 352 g/mol. The summed E-state index contributed by atoms with van der Waals surface area (Å²) in [5.41, 5.74) is 0.919. The predicted octanol–water partition coefficient (Wildman–Crippen LogP) is 4.01. The third-order valence-corrected chi connectivity index (χ3v) is 4.34. The highest BCUT2D eigenvalue weighted by atomic mass is 32.1. The van der Waals surface area contributed by atoms with Crippen LogP contribution in [-0.4, -0.2) is 21.2 Å². The van der Waals surface area contributed by atoms with Gasteiger partial charge < -0.3 is 14.4 Å². The van der Waals surface area contributed by atoms with Crippen molar-refractivity contribution in [3.05, 3.63) is 64.6 Å². The summed E-state index contributed by atoms with van der Waals surface area (Å²) in [6.45, 7) is -0.140. The van der Waals surface area contributed by atoms with Crippen molar-refractivity contribution in [2.24, 2.45) is 0 Å². The first-order chi connectivity index (χ1) is 12.2. The lowest BCUT2D eigenvalue weighted by atomic mass is 10.1. The molecule has 7 heteroatoms. The molecule has 4 rings (SSSR count). The maximum atomic E-state index is 12.3. The number of aromatic nitrogens is 2. The Morgan fingerprint density at radius 2 is 2.00 bits per heavy atom. The average Bonchev–Trinajstić information content (AvgIpc) is 3.30. The van der Waals surface area contributed by atoms with Crippen molar-refractivity contribution in [3.63, 3.8) is 0 Å². The Kier molecular flexibility index (Phi) is 3.91. The molecule has 124 valence electrons. The van der Waals surface area contributed by atoms with Gasteiger partial charge in [-0.3, -0.25) is 0 Å². The van der Waals surface area contributed by atoms with Crippen LogP contribution in [0.25, 0.3) is 22.2 Å². The van der Waals surface area contributed by atoms with Crippen LogP contribution in [0.2, 0.25) is 0 Å². The fourth-order valence-corrected chi connectivity index (χ4v) is 3.05. The number of hydrogen-bond acceptors (Lipinski definition) is 7. The summed E-state index contributed by atoms with van der Waals surface area (Å²) >= 11 is 1.52. The van der Waals surface area contributed by atoms with Crippen LogP contribution in [0, 0.1) is 0 Å². The smallest absolute Gasteiger partial charge is 0.342 e. The van der Waals surface area contributed by atoms with E-state index in [1.54, 1.807) is 6.07 Å². The molecule has 0 aliphatic heterocycles. The molecule has 0 atom stereocenters. The van der Waals surface area contributed by atoms with Crippen molar-refractivity contribution < 1.29 is 19.2 Å². The van der Waals surface area contributed by atoms with Crippen molar-refractivity contribution in [1.29, 1.82) is 0 Å². The second-order valence-corrected chi connectivity index (χ2v) is 6.10. The van der Waals surface area contributed by atoms with Gasteiger partial charge in [-0.1, -0.05) is 29.4 Å². The summed E-state index contributed by atoms with van der Waals surface area (Å²) in [6, 6.07) is 12.4. The second-order valence-electron chi connectivity index (χ2n) is 5.32. The lowest BCUT2D eigenvalue weighted by molar-refractivity contribution is 0.0456. The molecular formula is C18H12N2O4S. The zero-order chi connectivity index (χ0) is 17.2. The Bertz CT molecular complexity index is 1040. The van der Waals surface area contributed by atoms with Crippen molar-refractivity contribution in [2.45, 2.75) is 6.61 Å². The van der Waals surface area contributed by atoms with E-state index in [0.717, 1.165) is 16.3 Å². The van der Waals surface area contributed by atoms with Gasteiger partial charge in [-0.2, -0.15) is 16.3 Å². The maximum absolute atomic E-state index is 12.3. The maximum Gasteiger partial charge on any atom is 0.342 e. The van der Waals surface area contributed by atoms with E-state index in [1.165, 1.54) is 17.4 Å². The fraction of sp³-hybridized carbons (Fsp3) is 0.0556. The Hall–Kier alpha value is -3.19. The van der Waals surface area contributed by atoms with Gasteiger partial charge in [0.05, 0.1) is 5.56 Å². The van der Waals surface area contributed by atoms with Crippen molar-refractivity contribution in [3.8, 4) is 17.2 Å². The predicted molar refractivity (Wildman–Crippen MR) is 92.3 cm³/mol. The van der Waals surface area contributed by atoms with E-state index in [-0.39, 0.29) is 23.7 Å².